The standard InChI is InChI=1S/C40H64N6O7/c1-10-12-18-26(33(49)35(51)41-19-11-2)42-34(50)32-30-25(40(30,8)9)22-46(32)36(52)31(24-16-14-13-15-17-24)44-37(53)43-27(38(3,4)5)23-45-28(47)20-39(6,7)21-29(45)48/h11,24-27,30-32H,2,10,12-23H2,1,3-9H3,(H,41,51)(H,42,50)(H2,43,44,53)/t25-,26?,27+,30-,31-,32-/m0/s1. The van der Waals surface area contributed by atoms with Crippen LogP contribution in [-0.4, -0.2) is 95.0 Å². The first-order valence-corrected chi connectivity index (χ1v) is 19.7. The molecule has 2 aliphatic carbocycles. The van der Waals surface area contributed by atoms with Crippen LogP contribution in [-0.2, 0) is 28.8 Å². The predicted molar refractivity (Wildman–Crippen MR) is 201 cm³/mol. The quantitative estimate of drug-likeness (QED) is 0.112. The average Bonchev–Trinajstić information content (AvgIpc) is 3.37. The number of nitrogens with one attached hydrogen (secondary N) is 4. The molecule has 0 bridgehead atoms. The first-order chi connectivity index (χ1) is 24.7. The lowest BCUT2D eigenvalue weighted by atomic mass is 9.80. The molecule has 2 heterocycles. The zero-order valence-corrected chi connectivity index (χ0v) is 33.3. The highest BCUT2D eigenvalue weighted by atomic mass is 16.2. The molecule has 0 aromatic carbocycles. The second-order valence-electron chi connectivity index (χ2n) is 18.3. The van der Waals surface area contributed by atoms with E-state index in [2.05, 4.69) is 41.7 Å². The smallest absolute Gasteiger partial charge is 0.315 e. The molecule has 13 heteroatoms. The zero-order valence-electron chi connectivity index (χ0n) is 33.3. The summed E-state index contributed by atoms with van der Waals surface area (Å²) in [4.78, 5) is 97.5. The number of hydrogen-bond donors (Lipinski definition) is 4. The van der Waals surface area contributed by atoms with Crippen LogP contribution in [0.4, 0.5) is 4.79 Å². The van der Waals surface area contributed by atoms with Crippen molar-refractivity contribution in [2.75, 3.05) is 19.6 Å². The molecule has 2 aliphatic heterocycles. The molecule has 0 aromatic heterocycles. The van der Waals surface area contributed by atoms with Crippen molar-refractivity contribution in [1.29, 1.82) is 0 Å². The highest BCUT2D eigenvalue weighted by Gasteiger charge is 2.69. The topological polar surface area (TPSA) is 174 Å². The molecule has 0 radical (unpaired) electrons. The summed E-state index contributed by atoms with van der Waals surface area (Å²) >= 11 is 0. The summed E-state index contributed by atoms with van der Waals surface area (Å²) in [6.07, 6.45) is 7.94. The van der Waals surface area contributed by atoms with E-state index >= 15 is 0 Å². The van der Waals surface area contributed by atoms with Gasteiger partial charge in [-0.25, -0.2) is 4.79 Å². The van der Waals surface area contributed by atoms with Gasteiger partial charge in [0.05, 0.1) is 12.1 Å². The van der Waals surface area contributed by atoms with Crippen LogP contribution >= 0.6 is 0 Å². The van der Waals surface area contributed by atoms with Crippen LogP contribution in [0, 0.1) is 34.0 Å². The van der Waals surface area contributed by atoms with Gasteiger partial charge in [-0.1, -0.05) is 93.6 Å². The van der Waals surface area contributed by atoms with E-state index in [1.807, 2.05) is 41.5 Å². The van der Waals surface area contributed by atoms with Crippen LogP contribution in [0.5, 0.6) is 0 Å². The molecule has 13 nitrogen and oxygen atoms in total. The Balaban J connectivity index is 1.55. The fourth-order valence-corrected chi connectivity index (χ4v) is 8.66. The van der Waals surface area contributed by atoms with Gasteiger partial charge in [0.15, 0.2) is 0 Å². The zero-order chi connectivity index (χ0) is 39.5. The summed E-state index contributed by atoms with van der Waals surface area (Å²) in [5.41, 5.74) is -1.16. The molecule has 4 N–H and O–H groups in total. The number of imide groups is 1. The number of unbranched alkanes of at least 4 members (excludes halogenated alkanes) is 1. The van der Waals surface area contributed by atoms with Gasteiger partial charge in [-0.15, -0.1) is 6.58 Å². The Morgan fingerprint density at radius 3 is 2.13 bits per heavy atom. The summed E-state index contributed by atoms with van der Waals surface area (Å²) in [5.74, 6) is -3.11. The minimum absolute atomic E-state index is 0.0169. The van der Waals surface area contributed by atoms with Gasteiger partial charge in [-0.3, -0.25) is 33.7 Å². The Morgan fingerprint density at radius 2 is 1.57 bits per heavy atom. The van der Waals surface area contributed by atoms with Crippen LogP contribution in [0.1, 0.15) is 120 Å². The fourth-order valence-electron chi connectivity index (χ4n) is 8.66. The van der Waals surface area contributed by atoms with Crippen molar-refractivity contribution in [1.82, 2.24) is 31.1 Å². The van der Waals surface area contributed by atoms with Crippen molar-refractivity contribution in [3.8, 4) is 0 Å². The molecule has 0 spiro atoms. The second-order valence-corrected chi connectivity index (χ2v) is 18.3. The van der Waals surface area contributed by atoms with Gasteiger partial charge < -0.3 is 26.2 Å². The number of carbonyl (C=O) groups is 7. The Labute approximate surface area is 315 Å². The molecule has 7 amide bonds. The Morgan fingerprint density at radius 1 is 0.943 bits per heavy atom. The number of fused-ring (bicyclic) bond motifs is 1. The van der Waals surface area contributed by atoms with E-state index in [4.69, 9.17) is 0 Å². The van der Waals surface area contributed by atoms with Crippen molar-refractivity contribution in [3.05, 3.63) is 12.7 Å². The summed E-state index contributed by atoms with van der Waals surface area (Å²) in [5, 5.41) is 11.4. The van der Waals surface area contributed by atoms with Gasteiger partial charge in [0.2, 0.25) is 29.4 Å². The van der Waals surface area contributed by atoms with Crippen molar-refractivity contribution < 1.29 is 33.6 Å². The summed E-state index contributed by atoms with van der Waals surface area (Å²) in [6.45, 7) is 19.7. The van der Waals surface area contributed by atoms with Crippen LogP contribution < -0.4 is 21.3 Å². The van der Waals surface area contributed by atoms with Crippen LogP contribution in [0.25, 0.3) is 0 Å². The number of hydrogen-bond acceptors (Lipinski definition) is 7. The summed E-state index contributed by atoms with van der Waals surface area (Å²) in [6, 6.07) is -3.99. The normalized spacial score (nSPS) is 25.4. The SMILES string of the molecule is C=CCNC(=O)C(=O)C(CCCC)NC(=O)[C@@H]1[C@@H]2[C@H](CN1C(=O)[C@@H](NC(=O)N[C@H](CN1C(=O)CC(C)(C)CC1=O)C(C)(C)C)C1CCCCC1)C2(C)C. The van der Waals surface area contributed by atoms with Crippen molar-refractivity contribution >= 4 is 41.4 Å². The molecule has 53 heavy (non-hydrogen) atoms. The minimum atomic E-state index is -1.04. The van der Waals surface area contributed by atoms with E-state index in [0.29, 0.717) is 13.0 Å². The molecule has 4 fully saturated rings. The Hall–Kier alpha value is -3.77. The molecule has 1 unspecified atom stereocenters. The summed E-state index contributed by atoms with van der Waals surface area (Å²) < 4.78 is 0. The number of likely N-dealkylation sites (tertiary alicyclic amines) is 2. The molecule has 2 saturated heterocycles. The van der Waals surface area contributed by atoms with E-state index in [9.17, 15) is 33.6 Å². The van der Waals surface area contributed by atoms with Gasteiger partial charge in [0, 0.05) is 32.5 Å². The van der Waals surface area contributed by atoms with Crippen LogP contribution in [0.3, 0.4) is 0 Å². The second kappa shape index (κ2) is 16.7. The van der Waals surface area contributed by atoms with Crippen molar-refractivity contribution in [3.63, 3.8) is 0 Å². The molecule has 0 aromatic rings. The first-order valence-electron chi connectivity index (χ1n) is 19.7. The van der Waals surface area contributed by atoms with E-state index in [0.717, 1.165) is 38.5 Å². The maximum atomic E-state index is 14.7. The van der Waals surface area contributed by atoms with Gasteiger partial charge in [-0.2, -0.15) is 0 Å². The Bertz CT molecular complexity index is 1420. The maximum absolute atomic E-state index is 14.7. The van der Waals surface area contributed by atoms with Crippen molar-refractivity contribution in [2.24, 2.45) is 34.0 Å². The summed E-state index contributed by atoms with van der Waals surface area (Å²) in [7, 11) is 0. The fraction of sp³-hybridized carbons (Fsp3) is 0.775. The lowest BCUT2D eigenvalue weighted by molar-refractivity contribution is -0.153. The number of ketones is 1. The molecular weight excluding hydrogens is 676 g/mol. The number of amides is 7. The lowest BCUT2D eigenvalue weighted by Crippen LogP contribution is -2.62. The monoisotopic (exact) mass is 740 g/mol. The van der Waals surface area contributed by atoms with E-state index in [-0.39, 0.29) is 73.2 Å². The number of Topliss-reactive ketones (excluding diaryl/α,β-unsaturated/α-hetero) is 1. The maximum Gasteiger partial charge on any atom is 0.315 e. The number of nitrogens with zero attached hydrogens (tertiary/aromatic N) is 2. The van der Waals surface area contributed by atoms with Gasteiger partial charge in [0.1, 0.15) is 12.1 Å². The van der Waals surface area contributed by atoms with E-state index in [1.54, 1.807) is 4.90 Å². The largest absolute Gasteiger partial charge is 0.346 e. The highest BCUT2D eigenvalue weighted by Crippen LogP contribution is 2.65. The predicted octanol–water partition coefficient (Wildman–Crippen LogP) is 3.85. The van der Waals surface area contributed by atoms with Gasteiger partial charge >= 0.3 is 6.03 Å². The first kappa shape index (κ1) is 42.0. The van der Waals surface area contributed by atoms with Crippen LogP contribution in [0.15, 0.2) is 12.7 Å². The number of urea groups is 1. The van der Waals surface area contributed by atoms with Crippen molar-refractivity contribution in [2.45, 2.75) is 144 Å². The molecule has 4 aliphatic rings. The third kappa shape index (κ3) is 9.86. The highest BCUT2D eigenvalue weighted by molar-refractivity contribution is 6.38. The van der Waals surface area contributed by atoms with E-state index in [1.165, 1.54) is 11.0 Å². The van der Waals surface area contributed by atoms with Crippen LogP contribution in [0.2, 0.25) is 0 Å². The molecule has 296 valence electrons. The molecule has 6 atom stereocenters. The number of piperidine rings is 2. The average molecular weight is 741 g/mol. The molecular formula is C40H64N6O7. The van der Waals surface area contributed by atoms with Gasteiger partial charge in [0.25, 0.3) is 5.91 Å². The molecule has 4 rings (SSSR count). The number of carbonyl (C=O) groups excluding carboxylic acids is 7. The third-order valence-corrected chi connectivity index (χ3v) is 12.1. The Kier molecular flexibility index (Phi) is 13.2. The minimum Gasteiger partial charge on any atom is -0.346 e. The molecule has 2 saturated carbocycles. The third-order valence-electron chi connectivity index (χ3n) is 12.1. The van der Waals surface area contributed by atoms with E-state index < -0.39 is 58.6 Å². The lowest BCUT2D eigenvalue weighted by Gasteiger charge is -2.40. The number of rotatable bonds is 15. The van der Waals surface area contributed by atoms with Gasteiger partial charge in [-0.05, 0) is 53.3 Å².